The van der Waals surface area contributed by atoms with Gasteiger partial charge in [-0.1, -0.05) is 20.8 Å². The van der Waals surface area contributed by atoms with Crippen molar-refractivity contribution in [2.45, 2.75) is 40.0 Å². The van der Waals surface area contributed by atoms with E-state index in [0.717, 1.165) is 18.6 Å². The lowest BCUT2D eigenvalue weighted by molar-refractivity contribution is -0.108. The topological polar surface area (TPSA) is 17.1 Å². The van der Waals surface area contributed by atoms with Gasteiger partial charge in [0.25, 0.3) is 0 Å². The molecule has 2 unspecified atom stereocenters. The highest BCUT2D eigenvalue weighted by atomic mass is 16.1. The number of carbonyl (C=O) groups excluding carboxylic acids is 1. The first-order valence-corrected chi connectivity index (χ1v) is 4.49. The van der Waals surface area contributed by atoms with Gasteiger partial charge < -0.3 is 4.79 Å². The Morgan fingerprint density at radius 1 is 1.45 bits per heavy atom. The van der Waals surface area contributed by atoms with E-state index >= 15 is 0 Å². The predicted octanol–water partition coefficient (Wildman–Crippen LogP) is 2.65. The SMILES string of the molecule is CC1CC(C)(C)CC1CC=O. The van der Waals surface area contributed by atoms with Gasteiger partial charge in [0.2, 0.25) is 0 Å². The molecular formula is C10H18O. The minimum atomic E-state index is 0.479. The molecule has 1 heteroatoms. The smallest absolute Gasteiger partial charge is 0.120 e. The van der Waals surface area contributed by atoms with E-state index in [9.17, 15) is 4.79 Å². The molecule has 11 heavy (non-hydrogen) atoms. The zero-order chi connectivity index (χ0) is 8.48. The molecule has 0 aliphatic heterocycles. The second-order valence-corrected chi connectivity index (χ2v) is 4.71. The summed E-state index contributed by atoms with van der Waals surface area (Å²) >= 11 is 0. The molecule has 1 nitrogen and oxygen atoms in total. The molecule has 1 fully saturated rings. The van der Waals surface area contributed by atoms with Crippen LogP contribution in [0.15, 0.2) is 0 Å². The molecule has 1 saturated carbocycles. The third-order valence-corrected chi connectivity index (χ3v) is 2.89. The molecule has 0 heterocycles. The third-order valence-electron chi connectivity index (χ3n) is 2.89. The van der Waals surface area contributed by atoms with Crippen LogP contribution in [-0.4, -0.2) is 6.29 Å². The zero-order valence-electron chi connectivity index (χ0n) is 7.76. The van der Waals surface area contributed by atoms with Gasteiger partial charge in [0.05, 0.1) is 0 Å². The van der Waals surface area contributed by atoms with Crippen molar-refractivity contribution in [1.82, 2.24) is 0 Å². The van der Waals surface area contributed by atoms with E-state index in [-0.39, 0.29) is 0 Å². The molecule has 0 aromatic rings. The Labute approximate surface area is 69.2 Å². The lowest BCUT2D eigenvalue weighted by Crippen LogP contribution is -2.05. The number of rotatable bonds is 2. The van der Waals surface area contributed by atoms with Gasteiger partial charge in [0.15, 0.2) is 0 Å². The Balaban J connectivity index is 2.51. The van der Waals surface area contributed by atoms with Crippen molar-refractivity contribution >= 4 is 6.29 Å². The lowest BCUT2D eigenvalue weighted by atomic mass is 9.90. The Hall–Kier alpha value is -0.330. The van der Waals surface area contributed by atoms with E-state index < -0.39 is 0 Å². The van der Waals surface area contributed by atoms with Gasteiger partial charge >= 0.3 is 0 Å². The number of carbonyl (C=O) groups is 1. The highest BCUT2D eigenvalue weighted by Gasteiger charge is 2.35. The Kier molecular flexibility index (Phi) is 2.36. The second-order valence-electron chi connectivity index (χ2n) is 4.71. The van der Waals surface area contributed by atoms with Gasteiger partial charge in [0, 0.05) is 6.42 Å². The van der Waals surface area contributed by atoms with Gasteiger partial charge in [0.1, 0.15) is 6.29 Å². The second kappa shape index (κ2) is 2.96. The van der Waals surface area contributed by atoms with Gasteiger partial charge in [-0.25, -0.2) is 0 Å². The molecule has 0 bridgehead atoms. The molecule has 0 aromatic heterocycles. The fraction of sp³-hybridized carbons (Fsp3) is 0.900. The van der Waals surface area contributed by atoms with Crippen molar-refractivity contribution in [1.29, 1.82) is 0 Å². The van der Waals surface area contributed by atoms with E-state index in [1.807, 2.05) is 0 Å². The van der Waals surface area contributed by atoms with Gasteiger partial charge in [-0.3, -0.25) is 0 Å². The Morgan fingerprint density at radius 2 is 2.09 bits per heavy atom. The molecule has 0 saturated heterocycles. The molecule has 64 valence electrons. The molecule has 0 amide bonds. The quantitative estimate of drug-likeness (QED) is 0.559. The van der Waals surface area contributed by atoms with Crippen LogP contribution in [0.2, 0.25) is 0 Å². The summed E-state index contributed by atoms with van der Waals surface area (Å²) in [6.45, 7) is 6.87. The van der Waals surface area contributed by atoms with Crippen molar-refractivity contribution < 1.29 is 4.79 Å². The molecule has 1 aliphatic rings. The van der Waals surface area contributed by atoms with Crippen LogP contribution in [0.3, 0.4) is 0 Å². The molecular weight excluding hydrogens is 136 g/mol. The van der Waals surface area contributed by atoms with E-state index in [2.05, 4.69) is 20.8 Å². The first-order chi connectivity index (χ1) is 5.05. The van der Waals surface area contributed by atoms with E-state index in [4.69, 9.17) is 0 Å². The summed E-state index contributed by atoms with van der Waals surface area (Å²) in [6.07, 6.45) is 4.35. The molecule has 0 aromatic carbocycles. The van der Waals surface area contributed by atoms with Gasteiger partial charge in [-0.05, 0) is 30.1 Å². The van der Waals surface area contributed by atoms with E-state index in [1.165, 1.54) is 12.8 Å². The van der Waals surface area contributed by atoms with Crippen LogP contribution in [-0.2, 0) is 4.79 Å². The van der Waals surface area contributed by atoms with Gasteiger partial charge in [-0.2, -0.15) is 0 Å². The molecule has 1 aliphatic carbocycles. The predicted molar refractivity (Wildman–Crippen MR) is 46.4 cm³/mol. The standard InChI is InChI=1S/C10H18O/c1-8-6-10(2,3)7-9(8)4-5-11/h5,8-9H,4,6-7H2,1-3H3. The molecule has 2 atom stereocenters. The van der Waals surface area contributed by atoms with Crippen LogP contribution >= 0.6 is 0 Å². The normalized spacial score (nSPS) is 35.5. The van der Waals surface area contributed by atoms with Crippen LogP contribution in [0, 0.1) is 17.3 Å². The van der Waals surface area contributed by atoms with Crippen molar-refractivity contribution in [3.05, 3.63) is 0 Å². The molecule has 0 N–H and O–H groups in total. The number of aldehydes is 1. The average Bonchev–Trinajstić information content (AvgIpc) is 2.07. The average molecular weight is 154 g/mol. The van der Waals surface area contributed by atoms with E-state index in [1.54, 1.807) is 0 Å². The largest absolute Gasteiger partial charge is 0.303 e. The van der Waals surface area contributed by atoms with Crippen molar-refractivity contribution in [2.24, 2.45) is 17.3 Å². The number of hydrogen-bond acceptors (Lipinski definition) is 1. The molecule has 1 rings (SSSR count). The summed E-state index contributed by atoms with van der Waals surface area (Å²) in [5.74, 6) is 1.40. The van der Waals surface area contributed by atoms with Crippen LogP contribution in [0.5, 0.6) is 0 Å². The fourth-order valence-corrected chi connectivity index (χ4v) is 2.47. The van der Waals surface area contributed by atoms with Crippen molar-refractivity contribution in [3.8, 4) is 0 Å². The fourth-order valence-electron chi connectivity index (χ4n) is 2.47. The third kappa shape index (κ3) is 2.05. The molecule has 0 radical (unpaired) electrons. The zero-order valence-corrected chi connectivity index (χ0v) is 7.76. The van der Waals surface area contributed by atoms with Crippen molar-refractivity contribution in [2.75, 3.05) is 0 Å². The maximum atomic E-state index is 10.3. The first-order valence-electron chi connectivity index (χ1n) is 4.49. The summed E-state index contributed by atoms with van der Waals surface area (Å²) in [5.41, 5.74) is 0.479. The van der Waals surface area contributed by atoms with Crippen LogP contribution in [0.1, 0.15) is 40.0 Å². The summed E-state index contributed by atoms with van der Waals surface area (Å²) in [7, 11) is 0. The van der Waals surface area contributed by atoms with Crippen LogP contribution < -0.4 is 0 Å². The summed E-state index contributed by atoms with van der Waals surface area (Å²) in [6, 6.07) is 0. The molecule has 0 spiro atoms. The lowest BCUT2D eigenvalue weighted by Gasteiger charge is -2.15. The number of hydrogen-bond donors (Lipinski definition) is 0. The highest BCUT2D eigenvalue weighted by Crippen LogP contribution is 2.45. The first kappa shape index (κ1) is 8.76. The Morgan fingerprint density at radius 3 is 2.45 bits per heavy atom. The van der Waals surface area contributed by atoms with Gasteiger partial charge in [-0.15, -0.1) is 0 Å². The Bertz CT molecular complexity index is 149. The maximum Gasteiger partial charge on any atom is 0.120 e. The van der Waals surface area contributed by atoms with E-state index in [0.29, 0.717) is 11.3 Å². The maximum absolute atomic E-state index is 10.3. The minimum Gasteiger partial charge on any atom is -0.303 e. The van der Waals surface area contributed by atoms with Crippen LogP contribution in [0.4, 0.5) is 0 Å². The van der Waals surface area contributed by atoms with Crippen LogP contribution in [0.25, 0.3) is 0 Å². The summed E-state index contributed by atoms with van der Waals surface area (Å²) in [5, 5.41) is 0. The van der Waals surface area contributed by atoms with Crippen molar-refractivity contribution in [3.63, 3.8) is 0 Å². The summed E-state index contributed by atoms with van der Waals surface area (Å²) < 4.78 is 0. The summed E-state index contributed by atoms with van der Waals surface area (Å²) in [4.78, 5) is 10.3. The monoisotopic (exact) mass is 154 g/mol. The highest BCUT2D eigenvalue weighted by molar-refractivity contribution is 5.49. The minimum absolute atomic E-state index is 0.479.